The highest BCUT2D eigenvalue weighted by Crippen LogP contribution is 2.38. The highest BCUT2D eigenvalue weighted by Gasteiger charge is 2.51. The van der Waals surface area contributed by atoms with Gasteiger partial charge in [0, 0.05) is 6.54 Å². The van der Waals surface area contributed by atoms with Crippen LogP contribution in [0.25, 0.3) is 0 Å². The lowest BCUT2D eigenvalue weighted by Crippen LogP contribution is -2.68. The Bertz CT molecular complexity index is 922. The van der Waals surface area contributed by atoms with Gasteiger partial charge in [-0.1, -0.05) is 87.5 Å². The summed E-state index contributed by atoms with van der Waals surface area (Å²) in [5.41, 5.74) is 0.429. The molecule has 0 aromatic heterocycles. The number of hydrogen-bond donors (Lipinski definition) is 1. The van der Waals surface area contributed by atoms with Crippen molar-refractivity contribution in [2.24, 2.45) is 0 Å². The number of carbonyl (C=O) groups is 1. The van der Waals surface area contributed by atoms with Crippen molar-refractivity contribution in [3.05, 3.63) is 72.3 Å². The van der Waals surface area contributed by atoms with E-state index in [1.807, 2.05) is 32.9 Å². The van der Waals surface area contributed by atoms with E-state index >= 15 is 0 Å². The molecule has 1 amide bonds. The zero-order chi connectivity index (χ0) is 24.3. The molecule has 2 aromatic carbocycles. The van der Waals surface area contributed by atoms with Crippen molar-refractivity contribution >= 4 is 24.8 Å². The quantitative estimate of drug-likeness (QED) is 0.513. The summed E-state index contributed by atoms with van der Waals surface area (Å²) >= 11 is 0. The van der Waals surface area contributed by atoms with Gasteiger partial charge in [0.05, 0.1) is 19.3 Å². The van der Waals surface area contributed by atoms with Crippen LogP contribution >= 0.6 is 0 Å². The molecule has 6 heteroatoms. The maximum Gasteiger partial charge on any atom is 0.411 e. The van der Waals surface area contributed by atoms with Gasteiger partial charge in [-0.05, 0) is 41.8 Å². The third kappa shape index (κ3) is 5.40. The van der Waals surface area contributed by atoms with Crippen LogP contribution in [0.2, 0.25) is 5.04 Å². The van der Waals surface area contributed by atoms with Gasteiger partial charge in [-0.25, -0.2) is 4.79 Å². The summed E-state index contributed by atoms with van der Waals surface area (Å²) in [7, 11) is -2.73. The molecular formula is C27H37NO4Si. The Morgan fingerprint density at radius 2 is 1.52 bits per heavy atom. The van der Waals surface area contributed by atoms with Crippen LogP contribution in [-0.4, -0.2) is 55.8 Å². The van der Waals surface area contributed by atoms with Gasteiger partial charge in [0.15, 0.2) is 0 Å². The Balaban J connectivity index is 1.99. The van der Waals surface area contributed by atoms with Gasteiger partial charge in [-0.2, -0.15) is 0 Å². The molecule has 33 heavy (non-hydrogen) atoms. The topological polar surface area (TPSA) is 59.0 Å². The van der Waals surface area contributed by atoms with Crippen molar-refractivity contribution in [1.82, 2.24) is 4.90 Å². The molecular weight excluding hydrogens is 430 g/mol. The molecule has 3 rings (SSSR count). The molecule has 1 aliphatic rings. The molecule has 0 spiro atoms. The molecule has 1 N–H and O–H groups in total. The second kappa shape index (κ2) is 9.83. The highest BCUT2D eigenvalue weighted by atomic mass is 28.4. The van der Waals surface area contributed by atoms with Crippen molar-refractivity contribution in [1.29, 1.82) is 0 Å². The van der Waals surface area contributed by atoms with Crippen molar-refractivity contribution < 1.29 is 19.1 Å². The van der Waals surface area contributed by atoms with E-state index in [1.54, 1.807) is 11.0 Å². The Labute approximate surface area is 199 Å². The third-order valence-corrected chi connectivity index (χ3v) is 11.0. The third-order valence-electron chi connectivity index (χ3n) is 6.01. The van der Waals surface area contributed by atoms with Crippen LogP contribution in [0.4, 0.5) is 4.79 Å². The first-order chi connectivity index (χ1) is 15.5. The number of ether oxygens (including phenoxy) is 1. The normalized spacial score (nSPS) is 18.2. The zero-order valence-corrected chi connectivity index (χ0v) is 21.7. The number of likely N-dealkylation sites (tertiary alicyclic amines) is 1. The van der Waals surface area contributed by atoms with E-state index in [9.17, 15) is 9.90 Å². The number of aliphatic hydroxyl groups excluding tert-OH is 1. The summed E-state index contributed by atoms with van der Waals surface area (Å²) < 4.78 is 12.6. The molecule has 0 saturated carbocycles. The van der Waals surface area contributed by atoms with Gasteiger partial charge >= 0.3 is 6.09 Å². The predicted octanol–water partition coefficient (Wildman–Crippen LogP) is 4.10. The molecule has 1 aliphatic heterocycles. The number of carbonyl (C=O) groups excluding carboxylic acids is 1. The second-order valence-electron chi connectivity index (χ2n) is 10.6. The minimum absolute atomic E-state index is 0.0623. The zero-order valence-electron chi connectivity index (χ0n) is 20.7. The molecule has 0 aliphatic carbocycles. The number of rotatable bonds is 6. The number of aliphatic hydroxyl groups is 1. The summed E-state index contributed by atoms with van der Waals surface area (Å²) in [6, 6.07) is 20.6. The molecule has 178 valence electrons. The van der Waals surface area contributed by atoms with Gasteiger partial charge < -0.3 is 14.3 Å². The minimum atomic E-state index is -2.73. The summed E-state index contributed by atoms with van der Waals surface area (Å²) in [5.74, 6) is 0. The molecule has 5 nitrogen and oxygen atoms in total. The Morgan fingerprint density at radius 1 is 1.00 bits per heavy atom. The number of nitrogens with zero attached hydrogens (tertiary/aromatic N) is 1. The lowest BCUT2D eigenvalue weighted by molar-refractivity contribution is 0.00269. The summed E-state index contributed by atoms with van der Waals surface area (Å²) in [6.07, 6.45) is 1.42. The smallest absolute Gasteiger partial charge is 0.411 e. The molecule has 1 atom stereocenters. The monoisotopic (exact) mass is 467 g/mol. The van der Waals surface area contributed by atoms with Gasteiger partial charge in [0.1, 0.15) is 5.60 Å². The Morgan fingerprint density at radius 3 is 1.94 bits per heavy atom. The maximum atomic E-state index is 12.8. The van der Waals surface area contributed by atoms with Gasteiger partial charge in [0.2, 0.25) is 0 Å². The average Bonchev–Trinajstić information content (AvgIpc) is 2.73. The molecule has 0 bridgehead atoms. The van der Waals surface area contributed by atoms with Crippen LogP contribution in [0.1, 0.15) is 41.5 Å². The number of hydrogen-bond acceptors (Lipinski definition) is 4. The SMILES string of the molecule is CC(C)(C)OC(=O)N1C/C(=C/CO)[C@H]1CO[Si](c1ccccc1)(c1ccccc1)C(C)(C)C. The first-order valence-electron chi connectivity index (χ1n) is 11.5. The number of benzene rings is 2. The van der Waals surface area contributed by atoms with Crippen molar-refractivity contribution in [2.75, 3.05) is 19.8 Å². The molecule has 0 unspecified atom stereocenters. The number of amides is 1. The fourth-order valence-corrected chi connectivity index (χ4v) is 9.06. The van der Waals surface area contributed by atoms with Crippen molar-refractivity contribution in [2.45, 2.75) is 58.2 Å². The lowest BCUT2D eigenvalue weighted by atomic mass is 9.97. The highest BCUT2D eigenvalue weighted by molar-refractivity contribution is 6.99. The van der Waals surface area contributed by atoms with E-state index in [0.717, 1.165) is 5.57 Å². The summed E-state index contributed by atoms with van der Waals surface area (Å²) in [5, 5.41) is 11.7. The van der Waals surface area contributed by atoms with Crippen molar-refractivity contribution in [3.8, 4) is 0 Å². The fraction of sp³-hybridized carbons (Fsp3) is 0.444. The molecule has 1 heterocycles. The van der Waals surface area contributed by atoms with Crippen LogP contribution < -0.4 is 10.4 Å². The van der Waals surface area contributed by atoms with E-state index in [2.05, 4.69) is 69.3 Å². The first-order valence-corrected chi connectivity index (χ1v) is 13.4. The summed E-state index contributed by atoms with van der Waals surface area (Å²) in [4.78, 5) is 14.5. The van der Waals surface area contributed by atoms with Gasteiger partial charge in [-0.3, -0.25) is 4.90 Å². The van der Waals surface area contributed by atoms with Gasteiger partial charge in [-0.15, -0.1) is 0 Å². The molecule has 0 radical (unpaired) electrons. The van der Waals surface area contributed by atoms with E-state index < -0.39 is 13.9 Å². The second-order valence-corrected chi connectivity index (χ2v) is 14.9. The molecule has 1 saturated heterocycles. The van der Waals surface area contributed by atoms with Crippen LogP contribution in [0.15, 0.2) is 72.3 Å². The summed E-state index contributed by atoms with van der Waals surface area (Å²) in [6.45, 7) is 13.0. The van der Waals surface area contributed by atoms with Crippen molar-refractivity contribution in [3.63, 3.8) is 0 Å². The maximum absolute atomic E-state index is 12.8. The van der Waals surface area contributed by atoms with E-state index in [1.165, 1.54) is 10.4 Å². The van der Waals surface area contributed by atoms with Gasteiger partial charge in [0.25, 0.3) is 8.32 Å². The van der Waals surface area contributed by atoms with E-state index in [-0.39, 0.29) is 23.8 Å². The largest absolute Gasteiger partial charge is 0.444 e. The predicted molar refractivity (Wildman–Crippen MR) is 135 cm³/mol. The fourth-order valence-electron chi connectivity index (χ4n) is 4.49. The van der Waals surface area contributed by atoms with Crippen LogP contribution in [-0.2, 0) is 9.16 Å². The molecule has 1 fully saturated rings. The lowest BCUT2D eigenvalue weighted by Gasteiger charge is -2.48. The average molecular weight is 468 g/mol. The van der Waals surface area contributed by atoms with E-state index in [0.29, 0.717) is 13.2 Å². The molecule has 2 aromatic rings. The standard InChI is InChI=1S/C27H37NO4Si/c1-26(2,3)32-25(30)28-19-21(17-18-29)24(28)20-31-33(27(4,5)6,22-13-9-7-10-14-22)23-15-11-8-12-16-23/h7-17,24,29H,18-20H2,1-6H3/b21-17-/t24-/m1/s1. The van der Waals surface area contributed by atoms with E-state index in [4.69, 9.17) is 9.16 Å². The Kier molecular flexibility index (Phi) is 7.51. The minimum Gasteiger partial charge on any atom is -0.444 e. The van der Waals surface area contributed by atoms with Crippen LogP contribution in [0, 0.1) is 0 Å². The Hall–Kier alpha value is -2.41. The van der Waals surface area contributed by atoms with Crippen LogP contribution in [0.5, 0.6) is 0 Å². The van der Waals surface area contributed by atoms with Crippen LogP contribution in [0.3, 0.4) is 0 Å². The first kappa shape index (κ1) is 25.2.